The fourth-order valence-corrected chi connectivity index (χ4v) is 2.00. The Morgan fingerprint density at radius 2 is 1.54 bits per heavy atom. The Kier molecular flexibility index (Phi) is 5.00. The first kappa shape index (κ1) is 17.2. The van der Waals surface area contributed by atoms with Crippen LogP contribution < -0.4 is 10.6 Å². The SMILES string of the molecule is Cc1ccc(NC(=O)C(C)(C)C(=O)Nc2ccccc2C#N)cc1. The standard InChI is InChI=1S/C19H19N3O2/c1-13-8-10-15(11-9-13)21-17(23)19(2,3)18(24)22-16-7-5-4-6-14(16)12-20/h4-11H,1-3H3,(H,21,23)(H,22,24). The second kappa shape index (κ2) is 6.97. The van der Waals surface area contributed by atoms with Crippen molar-refractivity contribution >= 4 is 23.2 Å². The van der Waals surface area contributed by atoms with Crippen LogP contribution in [0.4, 0.5) is 11.4 Å². The van der Waals surface area contributed by atoms with Crippen LogP contribution in [0.3, 0.4) is 0 Å². The second-order valence-electron chi connectivity index (χ2n) is 6.06. The maximum Gasteiger partial charge on any atom is 0.239 e. The van der Waals surface area contributed by atoms with Gasteiger partial charge >= 0.3 is 0 Å². The van der Waals surface area contributed by atoms with Crippen molar-refractivity contribution in [3.05, 3.63) is 59.7 Å². The average Bonchev–Trinajstić information content (AvgIpc) is 2.57. The molecule has 2 N–H and O–H groups in total. The topological polar surface area (TPSA) is 82.0 Å². The summed E-state index contributed by atoms with van der Waals surface area (Å²) in [6.07, 6.45) is 0. The summed E-state index contributed by atoms with van der Waals surface area (Å²) in [5.74, 6) is -0.895. The van der Waals surface area contributed by atoms with E-state index in [-0.39, 0.29) is 0 Å². The molecule has 0 atom stereocenters. The largest absolute Gasteiger partial charge is 0.325 e. The quantitative estimate of drug-likeness (QED) is 0.846. The van der Waals surface area contributed by atoms with Gasteiger partial charge in [-0.05, 0) is 45.0 Å². The number of nitrogens with zero attached hydrogens (tertiary/aromatic N) is 1. The molecule has 0 spiro atoms. The first-order valence-corrected chi connectivity index (χ1v) is 7.53. The minimum Gasteiger partial charge on any atom is -0.325 e. The van der Waals surface area contributed by atoms with E-state index in [9.17, 15) is 9.59 Å². The summed E-state index contributed by atoms with van der Waals surface area (Å²) in [4.78, 5) is 25.0. The molecule has 0 aliphatic carbocycles. The summed E-state index contributed by atoms with van der Waals surface area (Å²) in [5.41, 5.74) is 1.15. The lowest BCUT2D eigenvalue weighted by Crippen LogP contribution is -2.41. The highest BCUT2D eigenvalue weighted by molar-refractivity contribution is 6.14. The molecule has 0 saturated heterocycles. The van der Waals surface area contributed by atoms with Gasteiger partial charge in [0.25, 0.3) is 0 Å². The number of amides is 2. The molecule has 2 amide bonds. The Bertz CT molecular complexity index is 802. The van der Waals surface area contributed by atoms with Crippen molar-refractivity contribution < 1.29 is 9.59 Å². The number of carbonyl (C=O) groups is 2. The van der Waals surface area contributed by atoms with Crippen molar-refractivity contribution in [2.45, 2.75) is 20.8 Å². The summed E-state index contributed by atoms with van der Waals surface area (Å²) in [6.45, 7) is 5.04. The normalized spacial score (nSPS) is 10.6. The minimum absolute atomic E-state index is 0.348. The van der Waals surface area contributed by atoms with Crippen LogP contribution in [0.1, 0.15) is 25.0 Å². The maximum atomic E-state index is 12.5. The van der Waals surface area contributed by atoms with E-state index in [0.29, 0.717) is 16.9 Å². The molecule has 0 aliphatic heterocycles. The summed E-state index contributed by atoms with van der Waals surface area (Å²) in [5, 5.41) is 14.5. The molecule has 0 heterocycles. The number of aryl methyl sites for hydroxylation is 1. The van der Waals surface area contributed by atoms with Gasteiger partial charge in [0, 0.05) is 5.69 Å². The van der Waals surface area contributed by atoms with Crippen molar-refractivity contribution in [1.29, 1.82) is 5.26 Å². The molecule has 2 aromatic carbocycles. The number of hydrogen-bond acceptors (Lipinski definition) is 3. The summed E-state index contributed by atoms with van der Waals surface area (Å²) >= 11 is 0. The molecule has 5 nitrogen and oxygen atoms in total. The molecule has 2 rings (SSSR count). The minimum atomic E-state index is -1.30. The Balaban J connectivity index is 2.13. The zero-order chi connectivity index (χ0) is 17.7. The zero-order valence-corrected chi connectivity index (χ0v) is 13.9. The Hall–Kier alpha value is -3.13. The molecule has 0 aliphatic rings. The van der Waals surface area contributed by atoms with Crippen molar-refractivity contribution in [1.82, 2.24) is 0 Å². The molecular formula is C19H19N3O2. The van der Waals surface area contributed by atoms with Crippen LogP contribution in [-0.4, -0.2) is 11.8 Å². The molecule has 0 aromatic heterocycles. The zero-order valence-electron chi connectivity index (χ0n) is 13.9. The number of para-hydroxylation sites is 1. The molecule has 0 radical (unpaired) electrons. The molecule has 0 saturated carbocycles. The lowest BCUT2D eigenvalue weighted by Gasteiger charge is -2.23. The fourth-order valence-electron chi connectivity index (χ4n) is 2.00. The summed E-state index contributed by atoms with van der Waals surface area (Å²) < 4.78 is 0. The second-order valence-corrected chi connectivity index (χ2v) is 6.06. The third-order valence-electron chi connectivity index (χ3n) is 3.74. The van der Waals surface area contributed by atoms with Gasteiger partial charge in [-0.25, -0.2) is 0 Å². The molecule has 122 valence electrons. The molecule has 5 heteroatoms. The maximum absolute atomic E-state index is 12.5. The summed E-state index contributed by atoms with van der Waals surface area (Å²) in [7, 11) is 0. The number of anilines is 2. The highest BCUT2D eigenvalue weighted by atomic mass is 16.2. The fraction of sp³-hybridized carbons (Fsp3) is 0.211. The lowest BCUT2D eigenvalue weighted by molar-refractivity contribution is -0.135. The van der Waals surface area contributed by atoms with Crippen LogP contribution in [0, 0.1) is 23.7 Å². The van der Waals surface area contributed by atoms with Crippen LogP contribution in [0.5, 0.6) is 0 Å². The van der Waals surface area contributed by atoms with Gasteiger partial charge in [-0.1, -0.05) is 29.8 Å². The highest BCUT2D eigenvalue weighted by Gasteiger charge is 2.36. The van der Waals surface area contributed by atoms with Gasteiger partial charge in [0.15, 0.2) is 0 Å². The monoisotopic (exact) mass is 321 g/mol. The van der Waals surface area contributed by atoms with Crippen molar-refractivity contribution in [3.8, 4) is 6.07 Å². The molecule has 2 aromatic rings. The van der Waals surface area contributed by atoms with Gasteiger partial charge < -0.3 is 10.6 Å². The van der Waals surface area contributed by atoms with Crippen molar-refractivity contribution in [2.24, 2.45) is 5.41 Å². The molecule has 0 bridgehead atoms. The van der Waals surface area contributed by atoms with E-state index in [1.54, 1.807) is 50.2 Å². The number of hydrogen-bond donors (Lipinski definition) is 2. The van der Waals surface area contributed by atoms with E-state index in [1.807, 2.05) is 25.1 Å². The molecule has 24 heavy (non-hydrogen) atoms. The number of nitriles is 1. The van der Waals surface area contributed by atoms with Crippen LogP contribution in [0.25, 0.3) is 0 Å². The van der Waals surface area contributed by atoms with Gasteiger partial charge in [0.05, 0.1) is 11.3 Å². The van der Waals surface area contributed by atoms with Gasteiger partial charge in [-0.3, -0.25) is 9.59 Å². The smallest absolute Gasteiger partial charge is 0.239 e. The van der Waals surface area contributed by atoms with Crippen LogP contribution in [0.2, 0.25) is 0 Å². The van der Waals surface area contributed by atoms with Gasteiger partial charge in [0.1, 0.15) is 11.5 Å². The van der Waals surface area contributed by atoms with E-state index in [0.717, 1.165) is 5.56 Å². The Labute approximate surface area is 141 Å². The number of rotatable bonds is 4. The van der Waals surface area contributed by atoms with E-state index < -0.39 is 17.2 Å². The van der Waals surface area contributed by atoms with E-state index in [1.165, 1.54) is 0 Å². The predicted octanol–water partition coefficient (Wildman–Crippen LogP) is 3.47. The number of nitrogens with one attached hydrogen (secondary N) is 2. The number of carbonyl (C=O) groups excluding carboxylic acids is 2. The molecular weight excluding hydrogens is 302 g/mol. The third kappa shape index (κ3) is 3.79. The van der Waals surface area contributed by atoms with E-state index in [2.05, 4.69) is 10.6 Å². The average molecular weight is 321 g/mol. The highest BCUT2D eigenvalue weighted by Crippen LogP contribution is 2.23. The third-order valence-corrected chi connectivity index (χ3v) is 3.74. The van der Waals surface area contributed by atoms with Gasteiger partial charge in [0.2, 0.25) is 11.8 Å². The first-order chi connectivity index (χ1) is 11.3. The molecule has 0 fully saturated rings. The van der Waals surface area contributed by atoms with Crippen LogP contribution >= 0.6 is 0 Å². The van der Waals surface area contributed by atoms with E-state index in [4.69, 9.17) is 5.26 Å². The van der Waals surface area contributed by atoms with Crippen LogP contribution in [-0.2, 0) is 9.59 Å². The summed E-state index contributed by atoms with van der Waals surface area (Å²) in [6, 6.07) is 16.0. The van der Waals surface area contributed by atoms with Gasteiger partial charge in [-0.2, -0.15) is 5.26 Å². The predicted molar refractivity (Wildman–Crippen MR) is 93.4 cm³/mol. The van der Waals surface area contributed by atoms with Crippen molar-refractivity contribution in [3.63, 3.8) is 0 Å². The van der Waals surface area contributed by atoms with Gasteiger partial charge in [-0.15, -0.1) is 0 Å². The lowest BCUT2D eigenvalue weighted by atomic mass is 9.90. The van der Waals surface area contributed by atoms with Crippen molar-refractivity contribution in [2.75, 3.05) is 10.6 Å². The first-order valence-electron chi connectivity index (χ1n) is 7.53. The number of benzene rings is 2. The van der Waals surface area contributed by atoms with E-state index >= 15 is 0 Å². The Morgan fingerprint density at radius 1 is 0.958 bits per heavy atom. The Morgan fingerprint density at radius 3 is 2.17 bits per heavy atom. The van der Waals surface area contributed by atoms with Crippen LogP contribution in [0.15, 0.2) is 48.5 Å². The molecule has 0 unspecified atom stereocenters.